The molecular weight excluding hydrogens is 496 g/mol. The number of rotatable bonds is 7. The second-order valence-corrected chi connectivity index (χ2v) is 9.53. The van der Waals surface area contributed by atoms with Crippen LogP contribution >= 0.6 is 23.1 Å². The van der Waals surface area contributed by atoms with Crippen molar-refractivity contribution in [1.82, 2.24) is 20.5 Å². The van der Waals surface area contributed by atoms with Crippen molar-refractivity contribution in [3.63, 3.8) is 0 Å². The molecule has 0 radical (unpaired) electrons. The number of nitrogens with two attached hydrogens (primary N) is 1. The molecule has 2 fully saturated rings. The van der Waals surface area contributed by atoms with Crippen molar-refractivity contribution in [2.75, 3.05) is 25.1 Å². The quantitative estimate of drug-likeness (QED) is 0.124. The lowest BCUT2D eigenvalue weighted by Crippen LogP contribution is -2.71. The Hall–Kier alpha value is -3.83. The number of aromatic nitrogens is 1. The first kappa shape index (κ1) is 24.3. The average molecular weight is 517 g/mol. The minimum absolute atomic E-state index is 0.0515. The van der Waals surface area contributed by atoms with Gasteiger partial charge in [-0.05, 0) is 17.6 Å². The second kappa shape index (κ2) is 9.80. The molecule has 14 heteroatoms. The van der Waals surface area contributed by atoms with E-state index in [0.29, 0.717) is 29.7 Å². The fraction of sp³-hybridized carbons (Fsp3) is 0.333. The molecule has 0 aliphatic carbocycles. The first-order chi connectivity index (χ1) is 16.8. The number of amides is 3. The number of carbonyl (C=O) groups excluding carboxylic acids is 3. The number of carbonyl (C=O) groups is 4. The van der Waals surface area contributed by atoms with Crippen LogP contribution in [0.2, 0.25) is 0 Å². The van der Waals surface area contributed by atoms with Crippen LogP contribution in [0.1, 0.15) is 18.5 Å². The molecule has 5 N–H and O–H groups in total. The topological polar surface area (TPSA) is 176 Å². The van der Waals surface area contributed by atoms with Crippen LogP contribution in [-0.4, -0.2) is 75.2 Å². The van der Waals surface area contributed by atoms with Gasteiger partial charge in [0.2, 0.25) is 5.91 Å². The number of nitrogens with one attached hydrogen (secondary N) is 2. The van der Waals surface area contributed by atoms with E-state index in [1.54, 1.807) is 0 Å². The molecule has 3 aliphatic heterocycles. The number of hydrogen-bond donors (Lipinski definition) is 4. The predicted octanol–water partition coefficient (Wildman–Crippen LogP) is -0.346. The Labute approximate surface area is 207 Å². The Morgan fingerprint density at radius 1 is 1.49 bits per heavy atom. The van der Waals surface area contributed by atoms with Gasteiger partial charge in [0, 0.05) is 29.7 Å². The first-order valence-electron chi connectivity index (χ1n) is 10.3. The van der Waals surface area contributed by atoms with E-state index >= 15 is 0 Å². The summed E-state index contributed by atoms with van der Waals surface area (Å²) in [6, 6.07) is -1.00. The maximum Gasteiger partial charge on any atom is 0.352 e. The fourth-order valence-corrected chi connectivity index (χ4v) is 5.99. The zero-order chi connectivity index (χ0) is 25.3. The lowest BCUT2D eigenvalue weighted by atomic mass is 9.93. The number of aliphatic carboxylic acids is 1. The molecule has 35 heavy (non-hydrogen) atoms. The summed E-state index contributed by atoms with van der Waals surface area (Å²) in [5.41, 5.74) is 6.61. The van der Waals surface area contributed by atoms with Gasteiger partial charge in [0.1, 0.15) is 29.9 Å². The third kappa shape index (κ3) is 4.35. The smallest absolute Gasteiger partial charge is 0.352 e. The van der Waals surface area contributed by atoms with E-state index in [4.69, 9.17) is 17.0 Å². The molecule has 0 saturated carbocycles. The van der Waals surface area contributed by atoms with E-state index in [1.165, 1.54) is 24.3 Å². The molecule has 3 aliphatic rings. The Bertz CT molecular complexity index is 1260. The van der Waals surface area contributed by atoms with Crippen molar-refractivity contribution in [3.8, 4) is 12.3 Å². The highest BCUT2D eigenvalue weighted by Crippen LogP contribution is 2.43. The molecule has 0 unspecified atom stereocenters. The summed E-state index contributed by atoms with van der Waals surface area (Å²) < 4.78 is 0. The number of thiazole rings is 1. The Balaban J connectivity index is 1.62. The Morgan fingerprint density at radius 2 is 2.26 bits per heavy atom. The van der Waals surface area contributed by atoms with Crippen molar-refractivity contribution in [2.45, 2.75) is 24.3 Å². The zero-order valence-corrected chi connectivity index (χ0v) is 20.0. The highest BCUT2D eigenvalue weighted by molar-refractivity contribution is 8.00. The number of terminal acetylenes is 1. The molecule has 0 bridgehead atoms. The van der Waals surface area contributed by atoms with Crippen molar-refractivity contribution >= 4 is 57.6 Å². The Kier molecular flexibility index (Phi) is 6.81. The van der Waals surface area contributed by atoms with Crippen LogP contribution in [-0.2, 0) is 24.0 Å². The maximum absolute atomic E-state index is 13.0. The van der Waals surface area contributed by atoms with Crippen LogP contribution in [0.15, 0.2) is 33.0 Å². The number of thioether (sulfide) groups is 1. The Morgan fingerprint density at radius 3 is 2.83 bits per heavy atom. The van der Waals surface area contributed by atoms with Gasteiger partial charge in [-0.1, -0.05) is 5.16 Å². The predicted molar refractivity (Wildman–Crippen MR) is 128 cm³/mol. The molecule has 0 spiro atoms. The lowest BCUT2D eigenvalue weighted by molar-refractivity contribution is -0.150. The number of carboxylic acid groups (broad SMARTS) is 1. The average Bonchev–Trinajstić information content (AvgIpc) is 3.46. The van der Waals surface area contributed by atoms with Crippen molar-refractivity contribution in [3.05, 3.63) is 33.5 Å². The summed E-state index contributed by atoms with van der Waals surface area (Å²) in [5, 5.41) is 20.0. The van der Waals surface area contributed by atoms with Gasteiger partial charge in [-0.15, -0.1) is 35.4 Å². The van der Waals surface area contributed by atoms with Crippen molar-refractivity contribution < 1.29 is 29.1 Å². The molecule has 0 aromatic carbocycles. The largest absolute Gasteiger partial charge is 0.477 e. The van der Waals surface area contributed by atoms with Gasteiger partial charge in [-0.25, -0.2) is 9.78 Å². The minimum atomic E-state index is -1.32. The van der Waals surface area contributed by atoms with Crippen LogP contribution < -0.4 is 16.4 Å². The molecule has 3 amide bonds. The van der Waals surface area contributed by atoms with Crippen molar-refractivity contribution in [1.29, 1.82) is 0 Å². The first-order valence-corrected chi connectivity index (χ1v) is 12.2. The molecule has 1 aromatic rings. The molecule has 12 nitrogen and oxygen atoms in total. The zero-order valence-electron chi connectivity index (χ0n) is 18.4. The molecule has 1 aromatic heterocycles. The molecular formula is C21H20N6O6S2. The number of β-lactam (4-membered cyclic amide) rings is 1. The van der Waals surface area contributed by atoms with Crippen LogP contribution in [0.25, 0.3) is 0 Å². The molecule has 182 valence electrons. The maximum atomic E-state index is 13.0. The number of hydrogen-bond acceptors (Lipinski definition) is 10. The van der Waals surface area contributed by atoms with Crippen LogP contribution in [0.5, 0.6) is 0 Å². The van der Waals surface area contributed by atoms with Gasteiger partial charge in [0.05, 0.1) is 0 Å². The van der Waals surface area contributed by atoms with E-state index < -0.39 is 29.2 Å². The normalized spacial score (nSPS) is 23.2. The third-order valence-electron chi connectivity index (χ3n) is 5.56. The third-order valence-corrected chi connectivity index (χ3v) is 7.52. The number of allylic oxidation sites excluding steroid dienone is 1. The summed E-state index contributed by atoms with van der Waals surface area (Å²) in [6.07, 6.45) is 5.96. The highest BCUT2D eigenvalue weighted by Gasteiger charge is 2.55. The van der Waals surface area contributed by atoms with Gasteiger partial charge in [-0.2, -0.15) is 0 Å². The summed E-state index contributed by atoms with van der Waals surface area (Å²) >= 11 is 2.37. The monoisotopic (exact) mass is 516 g/mol. The van der Waals surface area contributed by atoms with Crippen LogP contribution in [0, 0.1) is 12.3 Å². The molecule has 4 heterocycles. The second-order valence-electron chi connectivity index (χ2n) is 7.53. The number of fused-ring (bicyclic) bond motifs is 1. The van der Waals surface area contributed by atoms with E-state index in [9.17, 15) is 24.3 Å². The van der Waals surface area contributed by atoms with E-state index in [2.05, 4.69) is 26.7 Å². The summed E-state index contributed by atoms with van der Waals surface area (Å²) in [7, 11) is 1.26. The minimum Gasteiger partial charge on any atom is -0.477 e. The van der Waals surface area contributed by atoms with E-state index in [1.807, 2.05) is 0 Å². The van der Waals surface area contributed by atoms with Gasteiger partial charge < -0.3 is 26.3 Å². The van der Waals surface area contributed by atoms with E-state index in [-0.39, 0.29) is 40.3 Å². The van der Waals surface area contributed by atoms with Crippen molar-refractivity contribution in [2.24, 2.45) is 5.16 Å². The van der Waals surface area contributed by atoms with Crippen LogP contribution in [0.4, 0.5) is 5.13 Å². The van der Waals surface area contributed by atoms with Gasteiger partial charge >= 0.3 is 5.97 Å². The SMILES string of the molecule is C#CCC(=C1CCNC1=O)C1=C(C(=O)O)N2C(=O)[C@@H](NC(=O)C(=NOC)c3csc(N)n3)[C@H]2SC1. The number of carboxylic acids is 1. The fourth-order valence-electron chi connectivity index (χ4n) is 4.06. The number of nitrogens with zero attached hydrogens (tertiary/aromatic N) is 3. The lowest BCUT2D eigenvalue weighted by Gasteiger charge is -2.49. The molecule has 2 atom stereocenters. The van der Waals surface area contributed by atoms with Crippen LogP contribution in [0.3, 0.4) is 0 Å². The van der Waals surface area contributed by atoms with Gasteiger partial charge in [0.25, 0.3) is 11.8 Å². The summed E-state index contributed by atoms with van der Waals surface area (Å²) in [4.78, 5) is 60.3. The van der Waals surface area contributed by atoms with Gasteiger partial charge in [-0.3, -0.25) is 19.3 Å². The highest BCUT2D eigenvalue weighted by atomic mass is 32.2. The van der Waals surface area contributed by atoms with Gasteiger partial charge in [0.15, 0.2) is 10.8 Å². The molecule has 4 rings (SSSR count). The number of anilines is 1. The number of oxime groups is 1. The summed E-state index contributed by atoms with van der Waals surface area (Å²) in [6.45, 7) is 0.431. The molecule has 2 saturated heterocycles. The van der Waals surface area contributed by atoms with E-state index in [0.717, 1.165) is 16.2 Å². The summed E-state index contributed by atoms with van der Waals surface area (Å²) in [5.74, 6) is -0.281. The number of nitrogen functional groups attached to an aromatic ring is 1. The standard InChI is InChI=1S/C21H20N6O6S2/c1-3-4-9(10-5-6-23-16(10)28)11-7-34-19-14(18(30)27(19)15(11)20(31)32)25-17(29)13(26-33-2)12-8-35-21(22)24-12/h1,8,14,19H,4-7H2,2H3,(H2,22,24)(H,23,28)(H,25,29)(H,31,32)/t14-,19-/m1/s1.